The molecule has 0 spiro atoms. The molecule has 1 aromatic carbocycles. The van der Waals surface area contributed by atoms with Crippen LogP contribution in [0.25, 0.3) is 0 Å². The van der Waals surface area contributed by atoms with Crippen LogP contribution in [0.3, 0.4) is 0 Å². The molecule has 6 heteroatoms. The normalized spacial score (nSPS) is 15.8. The van der Waals surface area contributed by atoms with Crippen LogP contribution in [0.5, 0.6) is 0 Å². The van der Waals surface area contributed by atoms with E-state index in [-0.39, 0.29) is 24.4 Å². The van der Waals surface area contributed by atoms with Crippen molar-refractivity contribution in [3.05, 3.63) is 34.9 Å². The van der Waals surface area contributed by atoms with Gasteiger partial charge in [-0.05, 0) is 30.5 Å². The van der Waals surface area contributed by atoms with Crippen LogP contribution < -0.4 is 5.73 Å². The van der Waals surface area contributed by atoms with Gasteiger partial charge in [-0.15, -0.1) is 24.2 Å². The lowest BCUT2D eigenvalue weighted by atomic mass is 10.1. The number of hydrogen-bond acceptors (Lipinski definition) is 3. The highest BCUT2D eigenvalue weighted by Gasteiger charge is 2.20. The molecule has 0 atom stereocenters. The number of carbonyl (C=O) groups excluding carboxylic acids is 1. The van der Waals surface area contributed by atoms with Crippen LogP contribution in [-0.4, -0.2) is 35.7 Å². The van der Waals surface area contributed by atoms with Gasteiger partial charge in [0.05, 0.1) is 5.75 Å². The second-order valence-electron chi connectivity index (χ2n) is 4.84. The molecule has 1 aromatic rings. The third kappa shape index (κ3) is 5.52. The number of amides is 1. The van der Waals surface area contributed by atoms with Gasteiger partial charge in [0.25, 0.3) is 0 Å². The smallest absolute Gasteiger partial charge is 0.232 e. The molecule has 1 fully saturated rings. The third-order valence-corrected chi connectivity index (χ3v) is 4.50. The summed E-state index contributed by atoms with van der Waals surface area (Å²) in [6, 6.07) is 8.04. The van der Waals surface area contributed by atoms with Crippen molar-refractivity contribution >= 4 is 41.7 Å². The van der Waals surface area contributed by atoms with E-state index in [1.165, 1.54) is 0 Å². The van der Waals surface area contributed by atoms with Gasteiger partial charge < -0.3 is 10.6 Å². The van der Waals surface area contributed by atoms with E-state index in [4.69, 9.17) is 17.3 Å². The van der Waals surface area contributed by atoms with E-state index in [0.717, 1.165) is 42.3 Å². The molecule has 2 rings (SSSR count). The van der Waals surface area contributed by atoms with E-state index in [1.54, 1.807) is 11.8 Å². The summed E-state index contributed by atoms with van der Waals surface area (Å²) < 4.78 is 0. The summed E-state index contributed by atoms with van der Waals surface area (Å²) >= 11 is 7.56. The number of hydrogen-bond donors (Lipinski definition) is 1. The summed E-state index contributed by atoms with van der Waals surface area (Å²) in [4.78, 5) is 13.9. The molecule has 1 aliphatic rings. The zero-order chi connectivity index (χ0) is 13.7. The van der Waals surface area contributed by atoms with Crippen LogP contribution in [0, 0.1) is 0 Å². The van der Waals surface area contributed by atoms with Crippen LogP contribution in [0.15, 0.2) is 24.3 Å². The first-order chi connectivity index (χ1) is 9.15. The lowest BCUT2D eigenvalue weighted by Gasteiger charge is -2.30. The van der Waals surface area contributed by atoms with Gasteiger partial charge in [-0.1, -0.05) is 23.7 Å². The fraction of sp³-hybridized carbons (Fsp3) is 0.500. The largest absolute Gasteiger partial charge is 0.342 e. The molecule has 1 amide bonds. The molecule has 1 aliphatic heterocycles. The summed E-state index contributed by atoms with van der Waals surface area (Å²) in [6.07, 6.45) is 1.84. The summed E-state index contributed by atoms with van der Waals surface area (Å²) in [5, 5.41) is 0.745. The summed E-state index contributed by atoms with van der Waals surface area (Å²) in [5.74, 6) is 1.57. The highest BCUT2D eigenvalue weighted by Crippen LogP contribution is 2.17. The van der Waals surface area contributed by atoms with Crippen LogP contribution >= 0.6 is 35.8 Å². The third-order valence-electron chi connectivity index (χ3n) is 3.28. The molecular formula is C14H20Cl2N2OS. The van der Waals surface area contributed by atoms with Crippen molar-refractivity contribution in [3.63, 3.8) is 0 Å². The van der Waals surface area contributed by atoms with E-state index in [9.17, 15) is 4.79 Å². The Morgan fingerprint density at radius 1 is 1.40 bits per heavy atom. The van der Waals surface area contributed by atoms with E-state index in [0.29, 0.717) is 5.75 Å². The van der Waals surface area contributed by atoms with Crippen molar-refractivity contribution in [3.8, 4) is 0 Å². The lowest BCUT2D eigenvalue weighted by Crippen LogP contribution is -2.43. The van der Waals surface area contributed by atoms with Gasteiger partial charge in [0, 0.05) is 29.9 Å². The number of piperidine rings is 1. The second-order valence-corrected chi connectivity index (χ2v) is 6.26. The molecule has 0 bridgehead atoms. The minimum atomic E-state index is 0. The Balaban J connectivity index is 0.00000200. The maximum Gasteiger partial charge on any atom is 0.232 e. The Morgan fingerprint density at radius 3 is 2.75 bits per heavy atom. The van der Waals surface area contributed by atoms with Gasteiger partial charge in [-0.25, -0.2) is 0 Å². The highest BCUT2D eigenvalue weighted by molar-refractivity contribution is 7.99. The van der Waals surface area contributed by atoms with Gasteiger partial charge in [0.15, 0.2) is 0 Å². The number of nitrogens with zero attached hydrogens (tertiary/aromatic N) is 1. The quantitative estimate of drug-likeness (QED) is 0.920. The van der Waals surface area contributed by atoms with Crippen molar-refractivity contribution in [1.82, 2.24) is 4.90 Å². The van der Waals surface area contributed by atoms with Gasteiger partial charge in [-0.3, -0.25) is 4.79 Å². The molecular weight excluding hydrogens is 315 g/mol. The molecule has 1 saturated heterocycles. The molecule has 0 aliphatic carbocycles. The van der Waals surface area contributed by atoms with Crippen LogP contribution in [0.1, 0.15) is 18.4 Å². The number of likely N-dealkylation sites (tertiary alicyclic amines) is 1. The molecule has 112 valence electrons. The Bertz CT molecular complexity index is 437. The molecule has 1 heterocycles. The molecule has 2 N–H and O–H groups in total. The van der Waals surface area contributed by atoms with Gasteiger partial charge >= 0.3 is 0 Å². The predicted molar refractivity (Wildman–Crippen MR) is 88.7 cm³/mol. The van der Waals surface area contributed by atoms with Crippen molar-refractivity contribution < 1.29 is 4.79 Å². The summed E-state index contributed by atoms with van der Waals surface area (Å²) in [7, 11) is 0. The Morgan fingerprint density at radius 2 is 2.10 bits per heavy atom. The van der Waals surface area contributed by atoms with Crippen LogP contribution in [-0.2, 0) is 10.5 Å². The average Bonchev–Trinajstić information content (AvgIpc) is 2.39. The van der Waals surface area contributed by atoms with E-state index < -0.39 is 0 Å². The fourth-order valence-corrected chi connectivity index (χ4v) is 3.21. The number of thioether (sulfide) groups is 1. The molecule has 0 radical (unpaired) electrons. The van der Waals surface area contributed by atoms with Crippen LogP contribution in [0.2, 0.25) is 5.02 Å². The maximum atomic E-state index is 12.0. The van der Waals surface area contributed by atoms with Gasteiger partial charge in [-0.2, -0.15) is 0 Å². The number of nitrogens with two attached hydrogens (primary N) is 1. The summed E-state index contributed by atoms with van der Waals surface area (Å²) in [5.41, 5.74) is 6.99. The lowest BCUT2D eigenvalue weighted by molar-refractivity contribution is -0.129. The zero-order valence-electron chi connectivity index (χ0n) is 11.3. The monoisotopic (exact) mass is 334 g/mol. The Kier molecular flexibility index (Phi) is 7.74. The van der Waals surface area contributed by atoms with Crippen LogP contribution in [0.4, 0.5) is 0 Å². The SMILES string of the molecule is Cl.NC1CCN(C(=O)CSCc2cccc(Cl)c2)CC1. The van der Waals surface area contributed by atoms with Gasteiger partial charge in [0.1, 0.15) is 0 Å². The van der Waals surface area contributed by atoms with Gasteiger partial charge in [0.2, 0.25) is 5.91 Å². The number of halogens is 2. The molecule has 20 heavy (non-hydrogen) atoms. The topological polar surface area (TPSA) is 46.3 Å². The van der Waals surface area contributed by atoms with Crippen molar-refractivity contribution in [2.75, 3.05) is 18.8 Å². The average molecular weight is 335 g/mol. The van der Waals surface area contributed by atoms with Crippen molar-refractivity contribution in [2.24, 2.45) is 5.73 Å². The highest BCUT2D eigenvalue weighted by atomic mass is 35.5. The second kappa shape index (κ2) is 8.78. The minimum absolute atomic E-state index is 0. The van der Waals surface area contributed by atoms with E-state index >= 15 is 0 Å². The Hall–Kier alpha value is -0.420. The fourth-order valence-electron chi connectivity index (χ4n) is 2.12. The maximum absolute atomic E-state index is 12.0. The first kappa shape index (κ1) is 17.6. The van der Waals surface area contributed by atoms with E-state index in [2.05, 4.69) is 0 Å². The van der Waals surface area contributed by atoms with Crippen molar-refractivity contribution in [1.29, 1.82) is 0 Å². The standard InChI is InChI=1S/C14H19ClN2OS.ClH/c15-12-3-1-2-11(8-12)9-19-10-14(18)17-6-4-13(16)5-7-17;/h1-3,8,13H,4-7,9-10,16H2;1H. The first-order valence-electron chi connectivity index (χ1n) is 6.50. The first-order valence-corrected chi connectivity index (χ1v) is 8.04. The molecule has 0 aromatic heterocycles. The zero-order valence-corrected chi connectivity index (χ0v) is 13.6. The molecule has 3 nitrogen and oxygen atoms in total. The predicted octanol–water partition coefficient (Wildman–Crippen LogP) is 2.94. The minimum Gasteiger partial charge on any atom is -0.342 e. The van der Waals surface area contributed by atoms with E-state index in [1.807, 2.05) is 29.2 Å². The number of carbonyl (C=O) groups is 1. The number of rotatable bonds is 4. The van der Waals surface area contributed by atoms with Crippen molar-refractivity contribution in [2.45, 2.75) is 24.6 Å². The number of benzene rings is 1. The molecule has 0 unspecified atom stereocenters. The molecule has 0 saturated carbocycles. The summed E-state index contributed by atoms with van der Waals surface area (Å²) in [6.45, 7) is 1.61. The Labute approximate surface area is 135 Å².